The Morgan fingerprint density at radius 3 is 2.37 bits per heavy atom. The van der Waals surface area contributed by atoms with Crippen molar-refractivity contribution in [2.45, 2.75) is 43.6 Å². The second-order valence-electron chi connectivity index (χ2n) is 10.8. The van der Waals surface area contributed by atoms with Crippen molar-refractivity contribution in [3.8, 4) is 0 Å². The molecule has 10 heteroatoms. The molecule has 2 aromatic carbocycles. The molecule has 2 atom stereocenters. The van der Waals surface area contributed by atoms with E-state index in [-0.39, 0.29) is 48.8 Å². The number of hydrogen-bond donors (Lipinski definition) is 1. The lowest BCUT2D eigenvalue weighted by molar-refractivity contribution is -0.117. The van der Waals surface area contributed by atoms with Crippen molar-refractivity contribution in [3.63, 3.8) is 0 Å². The zero-order valence-corrected chi connectivity index (χ0v) is 22.6. The predicted molar refractivity (Wildman–Crippen MR) is 144 cm³/mol. The predicted octanol–water partition coefficient (Wildman–Crippen LogP) is 4.22. The first kappa shape index (κ1) is 26.1. The van der Waals surface area contributed by atoms with Gasteiger partial charge in [0.15, 0.2) is 0 Å². The number of sulfonamides is 1. The number of piperazine rings is 1. The summed E-state index contributed by atoms with van der Waals surface area (Å²) in [5.74, 6) is -0.122. The molecule has 38 heavy (non-hydrogen) atoms. The number of fused-ring (bicyclic) bond motifs is 1. The third-order valence-electron chi connectivity index (χ3n) is 6.87. The normalized spacial score (nSPS) is 20.2. The second kappa shape index (κ2) is 9.99. The van der Waals surface area contributed by atoms with Crippen molar-refractivity contribution >= 4 is 38.5 Å². The summed E-state index contributed by atoms with van der Waals surface area (Å²) in [6, 6.07) is 14.4. The van der Waals surface area contributed by atoms with Gasteiger partial charge in [-0.25, -0.2) is 13.2 Å². The SMILES string of the molecule is CC(C)(C)OC(=O)N1CCN(S(=O)(=O)c2ccc([C@@H]3C[C@H]3C(=O)Nc3ccc4cnccc4c3)cc2)CC1. The Morgan fingerprint density at radius 1 is 0.974 bits per heavy atom. The number of benzene rings is 2. The fourth-order valence-corrected chi connectivity index (χ4v) is 6.14. The highest BCUT2D eigenvalue weighted by Gasteiger charge is 2.44. The number of hydrogen-bond acceptors (Lipinski definition) is 6. The fourth-order valence-electron chi connectivity index (χ4n) is 4.72. The lowest BCUT2D eigenvalue weighted by atomic mass is 10.1. The van der Waals surface area contributed by atoms with Crippen molar-refractivity contribution in [2.24, 2.45) is 5.92 Å². The zero-order chi connectivity index (χ0) is 27.1. The topological polar surface area (TPSA) is 109 Å². The molecule has 0 bridgehead atoms. The van der Waals surface area contributed by atoms with Crippen LogP contribution in [0.2, 0.25) is 0 Å². The molecule has 3 aromatic rings. The highest BCUT2D eigenvalue weighted by Crippen LogP contribution is 2.48. The third-order valence-corrected chi connectivity index (χ3v) is 8.78. The summed E-state index contributed by atoms with van der Waals surface area (Å²) in [5.41, 5.74) is 1.09. The van der Waals surface area contributed by atoms with Gasteiger partial charge >= 0.3 is 6.09 Å². The van der Waals surface area contributed by atoms with Crippen LogP contribution in [0.25, 0.3) is 10.8 Å². The molecule has 1 saturated carbocycles. The van der Waals surface area contributed by atoms with Gasteiger partial charge in [-0.15, -0.1) is 0 Å². The molecular weight excluding hydrogens is 504 g/mol. The quantitative estimate of drug-likeness (QED) is 0.523. The average Bonchev–Trinajstić information content (AvgIpc) is 3.69. The standard InChI is InChI=1S/C28H32N4O5S/c1-28(2,3)37-27(34)31-12-14-32(15-13-31)38(35,36)23-8-5-19(6-9-23)24-17-25(24)26(33)30-22-7-4-21-18-29-11-10-20(21)16-22/h4-11,16,18,24-25H,12-15,17H2,1-3H3,(H,30,33)/t24-,25+/m0/s1. The number of nitrogens with zero attached hydrogens (tertiary/aromatic N) is 3. The summed E-state index contributed by atoms with van der Waals surface area (Å²) < 4.78 is 33.1. The Morgan fingerprint density at radius 2 is 1.68 bits per heavy atom. The Balaban J connectivity index is 1.17. The summed E-state index contributed by atoms with van der Waals surface area (Å²) >= 11 is 0. The minimum absolute atomic E-state index is 0.0389. The molecule has 0 unspecified atom stereocenters. The van der Waals surface area contributed by atoms with Gasteiger partial charge < -0.3 is 15.0 Å². The number of rotatable bonds is 5. The van der Waals surface area contributed by atoms with Gasteiger partial charge in [0.05, 0.1) is 4.90 Å². The van der Waals surface area contributed by atoms with Gasteiger partial charge in [0.25, 0.3) is 0 Å². The van der Waals surface area contributed by atoms with Crippen LogP contribution < -0.4 is 5.32 Å². The van der Waals surface area contributed by atoms with Crippen LogP contribution in [0.3, 0.4) is 0 Å². The molecule has 0 radical (unpaired) electrons. The van der Waals surface area contributed by atoms with Crippen LogP contribution >= 0.6 is 0 Å². The number of nitrogens with one attached hydrogen (secondary N) is 1. The average molecular weight is 537 g/mol. The van der Waals surface area contributed by atoms with E-state index >= 15 is 0 Å². The molecule has 2 aliphatic rings. The lowest BCUT2D eigenvalue weighted by Crippen LogP contribution is -2.51. The molecule has 1 aromatic heterocycles. The third kappa shape index (κ3) is 5.66. The molecule has 1 N–H and O–H groups in total. The Bertz CT molecular complexity index is 1460. The highest BCUT2D eigenvalue weighted by molar-refractivity contribution is 7.89. The Labute approximate surface area is 222 Å². The number of amides is 2. The van der Waals surface area contributed by atoms with Crippen LogP contribution in [0, 0.1) is 5.92 Å². The maximum atomic E-state index is 13.2. The van der Waals surface area contributed by atoms with Gasteiger partial charge in [0.1, 0.15) is 5.60 Å². The maximum Gasteiger partial charge on any atom is 0.410 e. The highest BCUT2D eigenvalue weighted by atomic mass is 32.2. The van der Waals surface area contributed by atoms with E-state index in [1.165, 1.54) is 9.21 Å². The molecule has 2 amide bonds. The molecule has 1 aliphatic carbocycles. The van der Waals surface area contributed by atoms with Crippen molar-refractivity contribution < 1.29 is 22.7 Å². The maximum absolute atomic E-state index is 13.2. The minimum atomic E-state index is -3.69. The van der Waals surface area contributed by atoms with Crippen molar-refractivity contribution in [1.82, 2.24) is 14.2 Å². The lowest BCUT2D eigenvalue weighted by Gasteiger charge is -2.35. The molecule has 0 spiro atoms. The van der Waals surface area contributed by atoms with Gasteiger partial charge in [-0.05, 0) is 74.4 Å². The minimum Gasteiger partial charge on any atom is -0.444 e. The van der Waals surface area contributed by atoms with Gasteiger partial charge in [-0.2, -0.15) is 4.31 Å². The monoisotopic (exact) mass is 536 g/mol. The second-order valence-corrected chi connectivity index (χ2v) is 12.8. The van der Waals surface area contributed by atoms with E-state index < -0.39 is 21.7 Å². The van der Waals surface area contributed by atoms with Crippen LogP contribution in [-0.2, 0) is 19.6 Å². The van der Waals surface area contributed by atoms with E-state index in [0.29, 0.717) is 0 Å². The van der Waals surface area contributed by atoms with Crippen molar-refractivity contribution in [2.75, 3.05) is 31.5 Å². The number of carbonyl (C=O) groups is 2. The van der Waals surface area contributed by atoms with Crippen molar-refractivity contribution in [3.05, 3.63) is 66.5 Å². The van der Waals surface area contributed by atoms with Crippen LogP contribution in [-0.4, -0.2) is 66.4 Å². The van der Waals surface area contributed by atoms with E-state index in [4.69, 9.17) is 4.74 Å². The fraction of sp³-hybridized carbons (Fsp3) is 0.393. The molecule has 1 saturated heterocycles. The Hall–Kier alpha value is -3.50. The molecule has 2 fully saturated rings. The van der Waals surface area contributed by atoms with E-state index in [1.54, 1.807) is 57.4 Å². The van der Waals surface area contributed by atoms with E-state index in [0.717, 1.165) is 28.4 Å². The van der Waals surface area contributed by atoms with Crippen LogP contribution in [0.5, 0.6) is 0 Å². The number of aromatic nitrogens is 1. The summed E-state index contributed by atoms with van der Waals surface area (Å²) in [6.45, 7) is 6.37. The van der Waals surface area contributed by atoms with Gasteiger partial charge in [-0.1, -0.05) is 18.2 Å². The Kier molecular flexibility index (Phi) is 6.87. The van der Waals surface area contributed by atoms with Gasteiger partial charge in [-0.3, -0.25) is 9.78 Å². The molecular formula is C28H32N4O5S. The zero-order valence-electron chi connectivity index (χ0n) is 21.8. The summed E-state index contributed by atoms with van der Waals surface area (Å²) in [4.78, 5) is 30.9. The number of carbonyl (C=O) groups excluding carboxylic acids is 2. The molecule has 5 rings (SSSR count). The summed E-state index contributed by atoms with van der Waals surface area (Å²) in [7, 11) is -3.69. The van der Waals surface area contributed by atoms with E-state index in [1.807, 2.05) is 24.3 Å². The first-order valence-corrected chi connectivity index (χ1v) is 14.2. The first-order chi connectivity index (χ1) is 18.0. The first-order valence-electron chi connectivity index (χ1n) is 12.7. The van der Waals surface area contributed by atoms with E-state index in [9.17, 15) is 18.0 Å². The molecule has 9 nitrogen and oxygen atoms in total. The smallest absolute Gasteiger partial charge is 0.410 e. The van der Waals surface area contributed by atoms with Crippen LogP contribution in [0.1, 0.15) is 38.7 Å². The number of anilines is 1. The van der Waals surface area contributed by atoms with Gasteiger partial charge in [0, 0.05) is 55.6 Å². The number of pyridine rings is 1. The molecule has 1 aliphatic heterocycles. The molecule has 200 valence electrons. The summed E-state index contributed by atoms with van der Waals surface area (Å²) in [5, 5.41) is 5.02. The summed E-state index contributed by atoms with van der Waals surface area (Å²) in [6.07, 6.45) is 3.80. The van der Waals surface area contributed by atoms with E-state index in [2.05, 4.69) is 10.3 Å². The van der Waals surface area contributed by atoms with Crippen LogP contribution in [0.15, 0.2) is 65.8 Å². The van der Waals surface area contributed by atoms with Gasteiger partial charge in [0.2, 0.25) is 15.9 Å². The number of ether oxygens (including phenoxy) is 1. The molecule has 2 heterocycles. The largest absolute Gasteiger partial charge is 0.444 e. The van der Waals surface area contributed by atoms with Crippen molar-refractivity contribution in [1.29, 1.82) is 0 Å². The van der Waals surface area contributed by atoms with Crippen LogP contribution in [0.4, 0.5) is 10.5 Å².